The molecule has 0 aromatic heterocycles. The van der Waals surface area contributed by atoms with Crippen molar-refractivity contribution in [2.24, 2.45) is 0 Å². The lowest BCUT2D eigenvalue weighted by Crippen LogP contribution is -2.25. The Kier molecular flexibility index (Phi) is 6.57. The minimum absolute atomic E-state index is 0.0586. The maximum Gasteiger partial charge on any atom is 0.221 e. The largest absolute Gasteiger partial charge is 0.494 e. The number of benzene rings is 1. The number of ether oxygens (including phenoxy) is 1. The molecule has 1 rings (SSSR count). The van der Waals surface area contributed by atoms with Gasteiger partial charge >= 0.3 is 0 Å². The van der Waals surface area contributed by atoms with Gasteiger partial charge in [-0.05, 0) is 19.4 Å². The lowest BCUT2D eigenvalue weighted by molar-refractivity contribution is -0.120. The van der Waals surface area contributed by atoms with E-state index in [1.807, 2.05) is 26.0 Å². The first-order valence-electron chi connectivity index (χ1n) is 6.69. The summed E-state index contributed by atoms with van der Waals surface area (Å²) < 4.78 is 5.41. The number of rotatable bonds is 8. The van der Waals surface area contributed by atoms with Gasteiger partial charge in [-0.2, -0.15) is 0 Å². The van der Waals surface area contributed by atoms with Crippen LogP contribution in [0.15, 0.2) is 18.2 Å². The van der Waals surface area contributed by atoms with Gasteiger partial charge in [0, 0.05) is 43.0 Å². The molecular formula is C14H23N3O2. The smallest absolute Gasteiger partial charge is 0.221 e. The lowest BCUT2D eigenvalue weighted by Gasteiger charge is -2.10. The number of amides is 1. The zero-order chi connectivity index (χ0) is 14.1. The Balaban J connectivity index is 2.42. The van der Waals surface area contributed by atoms with Crippen molar-refractivity contribution in [2.45, 2.75) is 26.7 Å². The molecule has 0 saturated heterocycles. The molecule has 0 fully saturated rings. The molecule has 0 aliphatic rings. The van der Waals surface area contributed by atoms with Crippen molar-refractivity contribution in [3.63, 3.8) is 0 Å². The molecule has 0 aliphatic carbocycles. The number of nitrogen functional groups attached to an aromatic ring is 1. The molecule has 0 bridgehead atoms. The van der Waals surface area contributed by atoms with E-state index in [2.05, 4.69) is 10.6 Å². The van der Waals surface area contributed by atoms with Gasteiger partial charge in [0.05, 0.1) is 6.61 Å². The van der Waals surface area contributed by atoms with E-state index in [0.717, 1.165) is 24.4 Å². The molecule has 5 heteroatoms. The second-order valence-electron chi connectivity index (χ2n) is 4.25. The Labute approximate surface area is 114 Å². The van der Waals surface area contributed by atoms with Crippen LogP contribution in [-0.4, -0.2) is 25.6 Å². The Morgan fingerprint density at radius 2 is 2.05 bits per heavy atom. The topological polar surface area (TPSA) is 76.4 Å². The van der Waals surface area contributed by atoms with Crippen LogP contribution in [0.1, 0.15) is 26.7 Å². The summed E-state index contributed by atoms with van der Waals surface area (Å²) in [6.45, 7) is 5.85. The van der Waals surface area contributed by atoms with E-state index in [9.17, 15) is 4.79 Å². The average molecular weight is 265 g/mol. The zero-order valence-electron chi connectivity index (χ0n) is 11.7. The van der Waals surface area contributed by atoms with Gasteiger partial charge in [-0.15, -0.1) is 0 Å². The van der Waals surface area contributed by atoms with E-state index >= 15 is 0 Å². The Morgan fingerprint density at radius 3 is 2.74 bits per heavy atom. The summed E-state index contributed by atoms with van der Waals surface area (Å²) in [7, 11) is 0. The number of hydrogen-bond donors (Lipinski definition) is 3. The Bertz CT molecular complexity index is 408. The van der Waals surface area contributed by atoms with Crippen LogP contribution in [0.25, 0.3) is 0 Å². The fourth-order valence-electron chi connectivity index (χ4n) is 1.65. The standard InChI is InChI=1S/C14H23N3O2/c1-3-6-17-14(18)5-7-16-12-8-11(15)9-13(10-12)19-4-2/h8-10,16H,3-7,15H2,1-2H3,(H,17,18). The predicted molar refractivity (Wildman–Crippen MR) is 78.4 cm³/mol. The SMILES string of the molecule is CCCNC(=O)CCNc1cc(N)cc(OCC)c1. The molecule has 0 spiro atoms. The molecule has 0 aliphatic heterocycles. The normalized spacial score (nSPS) is 10.0. The molecule has 0 radical (unpaired) electrons. The number of carbonyl (C=O) groups excluding carboxylic acids is 1. The molecule has 1 amide bonds. The van der Waals surface area contributed by atoms with Crippen molar-refractivity contribution in [1.29, 1.82) is 0 Å². The fraction of sp³-hybridized carbons (Fsp3) is 0.500. The Hall–Kier alpha value is -1.91. The van der Waals surface area contributed by atoms with E-state index < -0.39 is 0 Å². The summed E-state index contributed by atoms with van der Waals surface area (Å²) in [5, 5.41) is 6.00. The van der Waals surface area contributed by atoms with Gasteiger partial charge in [0.15, 0.2) is 0 Å². The molecule has 0 unspecified atom stereocenters. The fourth-order valence-corrected chi connectivity index (χ4v) is 1.65. The van der Waals surface area contributed by atoms with Gasteiger partial charge in [0.2, 0.25) is 5.91 Å². The number of anilines is 2. The van der Waals surface area contributed by atoms with Gasteiger partial charge in [-0.3, -0.25) is 4.79 Å². The van der Waals surface area contributed by atoms with Crippen molar-refractivity contribution in [3.8, 4) is 5.75 Å². The van der Waals surface area contributed by atoms with Gasteiger partial charge in [-0.1, -0.05) is 6.92 Å². The van der Waals surface area contributed by atoms with Crippen LogP contribution in [0, 0.1) is 0 Å². The van der Waals surface area contributed by atoms with Gasteiger partial charge < -0.3 is 21.1 Å². The number of nitrogens with two attached hydrogens (primary N) is 1. The molecule has 0 atom stereocenters. The zero-order valence-corrected chi connectivity index (χ0v) is 11.7. The van der Waals surface area contributed by atoms with Gasteiger partial charge in [0.1, 0.15) is 5.75 Å². The maximum absolute atomic E-state index is 11.4. The molecule has 19 heavy (non-hydrogen) atoms. The molecule has 5 nitrogen and oxygen atoms in total. The van der Waals surface area contributed by atoms with Crippen LogP contribution in [0.5, 0.6) is 5.75 Å². The highest BCUT2D eigenvalue weighted by molar-refractivity contribution is 5.76. The van der Waals surface area contributed by atoms with Crippen LogP contribution in [0.2, 0.25) is 0 Å². The van der Waals surface area contributed by atoms with Crippen LogP contribution >= 0.6 is 0 Å². The number of carbonyl (C=O) groups is 1. The third kappa shape index (κ3) is 5.99. The van der Waals surface area contributed by atoms with E-state index in [-0.39, 0.29) is 5.91 Å². The lowest BCUT2D eigenvalue weighted by atomic mass is 10.2. The van der Waals surface area contributed by atoms with E-state index in [1.54, 1.807) is 6.07 Å². The van der Waals surface area contributed by atoms with Crippen LogP contribution < -0.4 is 21.1 Å². The highest BCUT2D eigenvalue weighted by Gasteiger charge is 2.02. The molecule has 0 saturated carbocycles. The van der Waals surface area contributed by atoms with Crippen molar-refractivity contribution < 1.29 is 9.53 Å². The average Bonchev–Trinajstić information content (AvgIpc) is 2.36. The first kappa shape index (κ1) is 15.1. The number of nitrogens with one attached hydrogen (secondary N) is 2. The third-order valence-corrected chi connectivity index (χ3v) is 2.49. The van der Waals surface area contributed by atoms with Crippen molar-refractivity contribution >= 4 is 17.3 Å². The molecule has 4 N–H and O–H groups in total. The maximum atomic E-state index is 11.4. The van der Waals surface area contributed by atoms with Crippen molar-refractivity contribution in [2.75, 3.05) is 30.7 Å². The van der Waals surface area contributed by atoms with Crippen molar-refractivity contribution in [3.05, 3.63) is 18.2 Å². The molecule has 0 heterocycles. The minimum atomic E-state index is 0.0586. The Morgan fingerprint density at radius 1 is 1.26 bits per heavy atom. The van der Waals surface area contributed by atoms with E-state index in [1.165, 1.54) is 0 Å². The summed E-state index contributed by atoms with van der Waals surface area (Å²) in [5.74, 6) is 0.795. The second kappa shape index (κ2) is 8.24. The van der Waals surface area contributed by atoms with Gasteiger partial charge in [0.25, 0.3) is 0 Å². The summed E-state index contributed by atoms with van der Waals surface area (Å²) in [5.41, 5.74) is 7.30. The molecule has 1 aromatic carbocycles. The van der Waals surface area contributed by atoms with Gasteiger partial charge in [-0.25, -0.2) is 0 Å². The quantitative estimate of drug-likeness (QED) is 0.628. The van der Waals surface area contributed by atoms with Crippen LogP contribution in [-0.2, 0) is 4.79 Å². The first-order valence-corrected chi connectivity index (χ1v) is 6.69. The van der Waals surface area contributed by atoms with Crippen LogP contribution in [0.4, 0.5) is 11.4 Å². The first-order chi connectivity index (χ1) is 9.15. The highest BCUT2D eigenvalue weighted by atomic mass is 16.5. The second-order valence-corrected chi connectivity index (χ2v) is 4.25. The van der Waals surface area contributed by atoms with E-state index in [0.29, 0.717) is 25.3 Å². The molecular weight excluding hydrogens is 242 g/mol. The third-order valence-electron chi connectivity index (χ3n) is 2.49. The summed E-state index contributed by atoms with van der Waals surface area (Å²) in [6, 6.07) is 5.49. The predicted octanol–water partition coefficient (Wildman–Crippen LogP) is 2.00. The van der Waals surface area contributed by atoms with Crippen LogP contribution in [0.3, 0.4) is 0 Å². The van der Waals surface area contributed by atoms with Crippen molar-refractivity contribution in [1.82, 2.24) is 5.32 Å². The number of hydrogen-bond acceptors (Lipinski definition) is 4. The summed E-state index contributed by atoms with van der Waals surface area (Å²) in [4.78, 5) is 11.4. The molecule has 106 valence electrons. The highest BCUT2D eigenvalue weighted by Crippen LogP contribution is 2.22. The summed E-state index contributed by atoms with van der Waals surface area (Å²) >= 11 is 0. The molecule has 1 aromatic rings. The monoisotopic (exact) mass is 265 g/mol. The minimum Gasteiger partial charge on any atom is -0.494 e. The summed E-state index contributed by atoms with van der Waals surface area (Å²) in [6.07, 6.45) is 1.39. The van der Waals surface area contributed by atoms with E-state index in [4.69, 9.17) is 10.5 Å².